The number of hydrogen-bond donors (Lipinski definition) is 1. The van der Waals surface area contributed by atoms with E-state index in [1.54, 1.807) is 42.9 Å². The minimum atomic E-state index is -1.24. The molecule has 0 amide bonds. The molecule has 1 unspecified atom stereocenters. The second-order valence-corrected chi connectivity index (χ2v) is 2.87. The maximum absolute atomic E-state index is 10.6. The van der Waals surface area contributed by atoms with Crippen LogP contribution < -0.4 is 0 Å². The molecule has 0 aromatic heterocycles. The van der Waals surface area contributed by atoms with Gasteiger partial charge in [0, 0.05) is 0 Å². The van der Waals surface area contributed by atoms with Crippen LogP contribution in [0.4, 0.5) is 0 Å². The van der Waals surface area contributed by atoms with Crippen molar-refractivity contribution in [1.82, 2.24) is 0 Å². The Bertz CT molecular complexity index is 167. The molecule has 0 radical (unpaired) electrons. The molecule has 8 heteroatoms. The van der Waals surface area contributed by atoms with Crippen LogP contribution in [0.5, 0.6) is 0 Å². The number of carbonyl (C=O) groups excluding carboxylic acids is 1. The summed E-state index contributed by atoms with van der Waals surface area (Å²) in [7, 11) is 0. The van der Waals surface area contributed by atoms with E-state index in [2.05, 4.69) is 18.7 Å². The van der Waals surface area contributed by atoms with Crippen LogP contribution in [0.15, 0.2) is 0 Å². The summed E-state index contributed by atoms with van der Waals surface area (Å²) in [5.41, 5.74) is 0. The molecule has 0 rings (SSSR count). The zero-order valence-electron chi connectivity index (χ0n) is 4.97. The van der Waals surface area contributed by atoms with Crippen molar-refractivity contribution in [3.05, 3.63) is 0 Å². The first-order valence-electron chi connectivity index (χ1n) is 2.37. The van der Waals surface area contributed by atoms with Crippen molar-refractivity contribution in [2.45, 2.75) is 12.5 Å². The van der Waals surface area contributed by atoms with Crippen molar-refractivity contribution >= 4 is 52.8 Å². The maximum atomic E-state index is 10.6. The van der Waals surface area contributed by atoms with Crippen LogP contribution in [0.1, 0.15) is 6.42 Å². The van der Waals surface area contributed by atoms with E-state index < -0.39 is 12.1 Å². The Morgan fingerprint density at radius 2 is 2.00 bits per heavy atom. The fourth-order valence-electron chi connectivity index (χ4n) is 0.307. The Morgan fingerprint density at radius 1 is 1.50 bits per heavy atom. The van der Waals surface area contributed by atoms with Gasteiger partial charge in [-0.25, -0.2) is 0 Å². The van der Waals surface area contributed by atoms with Crippen LogP contribution >= 0.6 is 12.2 Å². The number of rotatable bonds is 3. The van der Waals surface area contributed by atoms with E-state index in [1.807, 2.05) is 0 Å². The average Bonchev–Trinajstić information content (AvgIpc) is 2.02. The Kier molecular flexibility index (Phi) is 12.7. The minimum absolute atomic E-state index is 0. The molecule has 0 saturated heterocycles. The molecular weight excluding hydrogens is 561 g/mol. The molecule has 1 N–H and O–H groups in total. The van der Waals surface area contributed by atoms with E-state index in [1.165, 1.54) is 0 Å². The molecular formula is C4H5Au2NaO4S. The van der Waals surface area contributed by atoms with Crippen molar-refractivity contribution in [1.29, 1.82) is 0 Å². The summed E-state index contributed by atoms with van der Waals surface area (Å²) in [4.78, 5) is 10.6. The van der Waals surface area contributed by atoms with E-state index in [0.717, 1.165) is 0 Å². The number of carbonyl (C=O) groups is 1. The summed E-state index contributed by atoms with van der Waals surface area (Å²) in [6, 6.07) is 0. The third kappa shape index (κ3) is 7.23. The van der Waals surface area contributed by atoms with E-state index >= 15 is 0 Å². The van der Waals surface area contributed by atoms with Crippen LogP contribution in [0, 0.1) is 0 Å². The van der Waals surface area contributed by atoms with Gasteiger partial charge in [-0.05, 0) is 0 Å². The fraction of sp³-hybridized carbons (Fsp3) is 0.500. The summed E-state index contributed by atoms with van der Waals surface area (Å²) < 4.78 is 8.71. The normalized spacial score (nSPS) is 11.1. The Balaban J connectivity index is 0. The Labute approximate surface area is 123 Å². The molecule has 0 spiro atoms. The summed E-state index contributed by atoms with van der Waals surface area (Å²) in [5.74, 6) is -0.735. The van der Waals surface area contributed by atoms with E-state index in [-0.39, 0.29) is 41.0 Å². The number of aliphatic hydroxyl groups excluding tert-OH is 1. The molecule has 0 aliphatic carbocycles. The molecule has 74 valence electrons. The number of thiocarbonyl (C=S) groups is 1. The molecule has 0 aliphatic rings. The van der Waals surface area contributed by atoms with Gasteiger partial charge < -0.3 is 0 Å². The van der Waals surface area contributed by atoms with Crippen LogP contribution in [0.25, 0.3) is 0 Å². The van der Waals surface area contributed by atoms with Crippen molar-refractivity contribution < 1.29 is 59.3 Å². The first-order valence-corrected chi connectivity index (χ1v) is 4.55. The topological polar surface area (TPSA) is 55.8 Å². The van der Waals surface area contributed by atoms with Gasteiger partial charge in [-0.3, -0.25) is 0 Å². The summed E-state index contributed by atoms with van der Waals surface area (Å²) in [6.45, 7) is 0. The van der Waals surface area contributed by atoms with Gasteiger partial charge in [-0.15, -0.1) is 0 Å². The average molecular weight is 566 g/mol. The Hall–Kier alpha value is 1.80. The predicted octanol–water partition coefficient (Wildman–Crippen LogP) is -1.10. The van der Waals surface area contributed by atoms with Crippen molar-refractivity contribution in [3.63, 3.8) is 0 Å². The summed E-state index contributed by atoms with van der Waals surface area (Å²) >= 11 is 7.89. The molecule has 1 atom stereocenters. The van der Waals surface area contributed by atoms with Gasteiger partial charge in [-0.1, -0.05) is 0 Å². The number of hydrogen-bond acceptors (Lipinski definition) is 5. The van der Waals surface area contributed by atoms with Gasteiger partial charge in [0.2, 0.25) is 0 Å². The zero-order valence-corrected chi connectivity index (χ0v) is 10.1. The summed E-state index contributed by atoms with van der Waals surface area (Å²) in [6.07, 6.45) is -1.26. The van der Waals surface area contributed by atoms with Crippen LogP contribution in [0.2, 0.25) is 0 Å². The first-order chi connectivity index (χ1) is 5.11. The van der Waals surface area contributed by atoms with Gasteiger partial charge in [-0.2, -0.15) is 0 Å². The number of aliphatic hydroxyl groups is 1. The molecule has 0 aromatic rings. The van der Waals surface area contributed by atoms with E-state index in [9.17, 15) is 4.79 Å². The first kappa shape index (κ1) is 16.2. The molecule has 4 nitrogen and oxygen atoms in total. The summed E-state index contributed by atoms with van der Waals surface area (Å²) in [5, 5.41) is 9.11. The van der Waals surface area contributed by atoms with E-state index in [0.29, 0.717) is 0 Å². The monoisotopic (exact) mass is 566 g/mol. The standard InChI is InChI=1S/C4H6O4S.2Au.Na.H/c5-2(4(7)8)1-3(6)9;;;;/h2,5H,1H2,(H,6,9)(H,7,8);;;;/q;2*+1;;/p-2. The van der Waals surface area contributed by atoms with Crippen molar-refractivity contribution in [3.8, 4) is 0 Å². The van der Waals surface area contributed by atoms with Gasteiger partial charge in [0.15, 0.2) is 0 Å². The quantitative estimate of drug-likeness (QED) is 0.348. The van der Waals surface area contributed by atoms with Crippen LogP contribution in [0.3, 0.4) is 0 Å². The van der Waals surface area contributed by atoms with Gasteiger partial charge in [0.05, 0.1) is 0 Å². The van der Waals surface area contributed by atoms with Crippen molar-refractivity contribution in [2.75, 3.05) is 0 Å². The molecule has 0 heterocycles. The Morgan fingerprint density at radius 3 is 2.33 bits per heavy atom. The van der Waals surface area contributed by atoms with Crippen LogP contribution in [-0.2, 0) is 54.2 Å². The molecule has 0 aromatic carbocycles. The molecule has 12 heavy (non-hydrogen) atoms. The second kappa shape index (κ2) is 9.36. The molecule has 0 saturated carbocycles. The molecule has 0 fully saturated rings. The predicted molar refractivity (Wildman–Crippen MR) is 37.5 cm³/mol. The SMILES string of the molecule is O=C([O][Au])C(O)CC(=S)[O][Au].[NaH]. The second-order valence-electron chi connectivity index (χ2n) is 1.53. The van der Waals surface area contributed by atoms with Crippen molar-refractivity contribution in [2.24, 2.45) is 0 Å². The van der Waals surface area contributed by atoms with Crippen LogP contribution in [-0.4, -0.2) is 51.8 Å². The molecule has 0 bridgehead atoms. The third-order valence-corrected chi connectivity index (χ3v) is 2.27. The van der Waals surface area contributed by atoms with E-state index in [4.69, 9.17) is 5.11 Å². The zero-order chi connectivity index (χ0) is 8.85. The third-order valence-electron chi connectivity index (χ3n) is 0.761. The fourth-order valence-corrected chi connectivity index (χ4v) is 0.940. The van der Waals surface area contributed by atoms with Gasteiger partial charge in [0.1, 0.15) is 0 Å². The molecule has 0 aliphatic heterocycles. The van der Waals surface area contributed by atoms with Gasteiger partial charge in [0.25, 0.3) is 0 Å². The van der Waals surface area contributed by atoms with Gasteiger partial charge >= 0.3 is 125 Å².